The fraction of sp³-hybridized carbons (Fsp3) is 0.538. The van der Waals surface area contributed by atoms with Crippen LogP contribution < -0.4 is 0 Å². The van der Waals surface area contributed by atoms with Gasteiger partial charge < -0.3 is 9.47 Å². The molecule has 1 saturated heterocycles. The van der Waals surface area contributed by atoms with Crippen LogP contribution in [0.5, 0.6) is 0 Å². The lowest BCUT2D eigenvalue weighted by Gasteiger charge is -2.33. The van der Waals surface area contributed by atoms with E-state index >= 15 is 0 Å². The summed E-state index contributed by atoms with van der Waals surface area (Å²) in [6.45, 7) is 6.34. The zero-order chi connectivity index (χ0) is 21.4. The summed E-state index contributed by atoms with van der Waals surface area (Å²) in [5.41, 5.74) is 3.50. The summed E-state index contributed by atoms with van der Waals surface area (Å²) in [5.74, 6) is 1.48. The normalized spacial score (nSPS) is 21.7. The van der Waals surface area contributed by atoms with E-state index < -0.39 is 0 Å². The highest BCUT2D eigenvalue weighted by Crippen LogP contribution is 2.36. The summed E-state index contributed by atoms with van der Waals surface area (Å²) in [7, 11) is 0. The van der Waals surface area contributed by atoms with Crippen molar-refractivity contribution in [2.75, 3.05) is 6.54 Å². The van der Waals surface area contributed by atoms with Gasteiger partial charge in [0.15, 0.2) is 0 Å². The van der Waals surface area contributed by atoms with Gasteiger partial charge in [-0.3, -0.25) is 9.89 Å². The molecule has 3 heterocycles. The number of carbonyl (C=O) groups is 1. The lowest BCUT2D eigenvalue weighted by molar-refractivity contribution is -0.135. The van der Waals surface area contributed by atoms with E-state index in [0.717, 1.165) is 31.5 Å². The molecule has 1 aliphatic heterocycles. The minimum absolute atomic E-state index is 0.0478. The van der Waals surface area contributed by atoms with Gasteiger partial charge in [0.05, 0.1) is 6.20 Å². The van der Waals surface area contributed by atoms with Crippen molar-refractivity contribution in [2.24, 2.45) is 11.8 Å². The first-order chi connectivity index (χ1) is 15.0. The number of H-pyrrole nitrogens is 1. The van der Waals surface area contributed by atoms with Gasteiger partial charge in [0, 0.05) is 53.9 Å². The largest absolute Gasteiger partial charge is 0.347 e. The van der Waals surface area contributed by atoms with Crippen molar-refractivity contribution in [1.29, 1.82) is 0 Å². The number of aromatic nitrogens is 3. The number of amides is 1. The zero-order valence-electron chi connectivity index (χ0n) is 18.8. The highest BCUT2D eigenvalue weighted by atomic mass is 16.2. The molecule has 1 aliphatic carbocycles. The number of hydrogen-bond acceptors (Lipinski definition) is 2. The number of likely N-dealkylation sites (tertiary alicyclic amines) is 1. The first-order valence-corrected chi connectivity index (χ1v) is 11.9. The fourth-order valence-corrected chi connectivity index (χ4v) is 5.92. The van der Waals surface area contributed by atoms with Gasteiger partial charge in [0.2, 0.25) is 5.91 Å². The van der Waals surface area contributed by atoms with Gasteiger partial charge in [0.25, 0.3) is 0 Å². The van der Waals surface area contributed by atoms with Crippen LogP contribution in [0, 0.1) is 11.8 Å². The van der Waals surface area contributed by atoms with Gasteiger partial charge >= 0.3 is 0 Å². The topological polar surface area (TPSA) is 53.9 Å². The molecule has 0 spiro atoms. The summed E-state index contributed by atoms with van der Waals surface area (Å²) in [6.07, 6.45) is 14.2. The maximum absolute atomic E-state index is 13.2. The van der Waals surface area contributed by atoms with Crippen LogP contribution in [0.2, 0.25) is 0 Å². The number of fused-ring (bicyclic) bond motifs is 1. The fourth-order valence-electron chi connectivity index (χ4n) is 5.92. The Morgan fingerprint density at radius 2 is 1.97 bits per heavy atom. The summed E-state index contributed by atoms with van der Waals surface area (Å²) in [5, 5.41) is 8.20. The van der Waals surface area contributed by atoms with Gasteiger partial charge in [-0.15, -0.1) is 0 Å². The quantitative estimate of drug-likeness (QED) is 0.584. The standard InChI is InChI=1S/C26H34N4O/c1-26(2)14-20(18-30(26)25(31)12-19-6-4-3-5-7-19)17-29-11-10-22-13-21(8-9-24(22)29)23-15-27-28-16-23/h8-11,13,15-16,19-20H,3-7,12,14,17-18H2,1-2H3,(H,27,28). The third kappa shape index (κ3) is 4.15. The van der Waals surface area contributed by atoms with Gasteiger partial charge in [-0.1, -0.05) is 25.3 Å². The molecule has 3 aromatic rings. The molecule has 164 valence electrons. The molecule has 1 amide bonds. The molecule has 31 heavy (non-hydrogen) atoms. The molecule has 1 aromatic carbocycles. The molecule has 2 fully saturated rings. The molecule has 0 bridgehead atoms. The van der Waals surface area contributed by atoms with Crippen LogP contribution >= 0.6 is 0 Å². The number of rotatable bonds is 5. The minimum atomic E-state index is -0.0478. The van der Waals surface area contributed by atoms with Gasteiger partial charge in [-0.2, -0.15) is 5.10 Å². The van der Waals surface area contributed by atoms with Crippen LogP contribution in [-0.2, 0) is 11.3 Å². The summed E-state index contributed by atoms with van der Waals surface area (Å²) in [4.78, 5) is 15.3. The number of benzene rings is 1. The SMILES string of the molecule is CC1(C)CC(Cn2ccc3cc(-c4cn[nH]c4)ccc32)CN1C(=O)CC1CCCCC1. The highest BCUT2D eigenvalue weighted by molar-refractivity contribution is 5.85. The predicted octanol–water partition coefficient (Wildman–Crippen LogP) is 5.63. The van der Waals surface area contributed by atoms with Crippen LogP contribution in [0.4, 0.5) is 0 Å². The van der Waals surface area contributed by atoms with Crippen LogP contribution in [0.1, 0.15) is 58.8 Å². The highest BCUT2D eigenvalue weighted by Gasteiger charge is 2.41. The van der Waals surface area contributed by atoms with Crippen molar-refractivity contribution < 1.29 is 4.79 Å². The molecule has 5 heteroatoms. The smallest absolute Gasteiger partial charge is 0.223 e. The molecule has 5 nitrogen and oxygen atoms in total. The van der Waals surface area contributed by atoms with Crippen LogP contribution in [0.3, 0.4) is 0 Å². The Hall–Kier alpha value is -2.56. The second kappa shape index (κ2) is 8.18. The molecule has 1 N–H and O–H groups in total. The molecule has 1 saturated carbocycles. The zero-order valence-corrected chi connectivity index (χ0v) is 18.8. The van der Waals surface area contributed by atoms with Crippen molar-refractivity contribution >= 4 is 16.8 Å². The van der Waals surface area contributed by atoms with Crippen molar-refractivity contribution in [3.8, 4) is 11.1 Å². The maximum atomic E-state index is 13.2. The first-order valence-electron chi connectivity index (χ1n) is 11.9. The summed E-state index contributed by atoms with van der Waals surface area (Å²) in [6, 6.07) is 8.81. The van der Waals surface area contributed by atoms with Crippen LogP contribution in [-0.4, -0.2) is 37.7 Å². The Balaban J connectivity index is 1.28. The molecule has 0 radical (unpaired) electrons. The number of nitrogens with zero attached hydrogens (tertiary/aromatic N) is 3. The van der Waals surface area contributed by atoms with Gasteiger partial charge in [-0.25, -0.2) is 0 Å². The Bertz CT molecular complexity index is 1040. The van der Waals surface area contributed by atoms with Crippen molar-refractivity contribution in [3.05, 3.63) is 42.9 Å². The Kier molecular flexibility index (Phi) is 5.37. The molecule has 5 rings (SSSR count). The van der Waals surface area contributed by atoms with Crippen molar-refractivity contribution in [1.82, 2.24) is 19.7 Å². The molecular weight excluding hydrogens is 384 g/mol. The molecule has 2 aromatic heterocycles. The Morgan fingerprint density at radius 1 is 1.13 bits per heavy atom. The lowest BCUT2D eigenvalue weighted by Crippen LogP contribution is -2.43. The van der Waals surface area contributed by atoms with E-state index in [1.807, 2.05) is 12.4 Å². The minimum Gasteiger partial charge on any atom is -0.347 e. The van der Waals surface area contributed by atoms with E-state index in [9.17, 15) is 4.79 Å². The second-order valence-corrected chi connectivity index (χ2v) is 10.3. The third-order valence-electron chi connectivity index (χ3n) is 7.51. The Morgan fingerprint density at radius 3 is 2.74 bits per heavy atom. The molecule has 2 aliphatic rings. The molecule has 1 unspecified atom stereocenters. The van der Waals surface area contributed by atoms with E-state index in [0.29, 0.717) is 17.7 Å². The number of carbonyl (C=O) groups excluding carboxylic acids is 1. The van der Waals surface area contributed by atoms with Gasteiger partial charge in [-0.05, 0) is 68.7 Å². The Labute approximate surface area is 184 Å². The third-order valence-corrected chi connectivity index (χ3v) is 7.51. The molecule has 1 atom stereocenters. The first kappa shape index (κ1) is 20.3. The van der Waals surface area contributed by atoms with Gasteiger partial charge in [0.1, 0.15) is 0 Å². The van der Waals surface area contributed by atoms with Crippen LogP contribution in [0.15, 0.2) is 42.9 Å². The molecular formula is C26H34N4O. The maximum Gasteiger partial charge on any atom is 0.223 e. The monoisotopic (exact) mass is 418 g/mol. The number of aromatic amines is 1. The van der Waals surface area contributed by atoms with E-state index in [4.69, 9.17) is 0 Å². The van der Waals surface area contributed by atoms with Crippen molar-refractivity contribution in [3.63, 3.8) is 0 Å². The van der Waals surface area contributed by atoms with Crippen molar-refractivity contribution in [2.45, 2.75) is 70.9 Å². The number of hydrogen-bond donors (Lipinski definition) is 1. The second-order valence-electron chi connectivity index (χ2n) is 10.3. The average Bonchev–Trinajstić information content (AvgIpc) is 3.48. The van der Waals surface area contributed by atoms with E-state index in [-0.39, 0.29) is 5.54 Å². The van der Waals surface area contributed by atoms with E-state index in [1.54, 1.807) is 0 Å². The number of nitrogens with one attached hydrogen (secondary N) is 1. The predicted molar refractivity (Wildman–Crippen MR) is 125 cm³/mol. The van der Waals surface area contributed by atoms with E-state index in [1.165, 1.54) is 48.6 Å². The average molecular weight is 419 g/mol. The lowest BCUT2D eigenvalue weighted by atomic mass is 9.86. The van der Waals surface area contributed by atoms with E-state index in [2.05, 4.69) is 64.0 Å². The summed E-state index contributed by atoms with van der Waals surface area (Å²) >= 11 is 0. The summed E-state index contributed by atoms with van der Waals surface area (Å²) < 4.78 is 2.37. The van der Waals surface area contributed by atoms with Crippen LogP contribution in [0.25, 0.3) is 22.0 Å².